The van der Waals surface area contributed by atoms with E-state index in [0.29, 0.717) is 19.8 Å². The Kier molecular flexibility index (Phi) is 3.30. The number of ether oxygens (including phenoxy) is 1. The molecule has 1 aliphatic carbocycles. The van der Waals surface area contributed by atoms with Gasteiger partial charge in [-0.15, -0.1) is 0 Å². The number of hydrogen-bond donors (Lipinski definition) is 0. The van der Waals surface area contributed by atoms with E-state index in [1.165, 1.54) is 0 Å². The van der Waals surface area contributed by atoms with Crippen LogP contribution in [-0.2, 0) is 14.6 Å². The van der Waals surface area contributed by atoms with E-state index < -0.39 is 19.3 Å². The molecule has 1 aliphatic heterocycles. The fourth-order valence-electron chi connectivity index (χ4n) is 2.49. The van der Waals surface area contributed by atoms with Crippen LogP contribution in [0.15, 0.2) is 0 Å². The molecule has 1 saturated heterocycles. The van der Waals surface area contributed by atoms with Gasteiger partial charge in [0, 0.05) is 19.6 Å². The van der Waals surface area contributed by atoms with E-state index >= 15 is 0 Å². The molecule has 0 aromatic rings. The molecule has 0 atom stereocenters. The van der Waals surface area contributed by atoms with Gasteiger partial charge >= 0.3 is 0 Å². The van der Waals surface area contributed by atoms with Gasteiger partial charge in [-0.2, -0.15) is 0 Å². The first-order chi connectivity index (χ1) is 7.79. The van der Waals surface area contributed by atoms with Crippen LogP contribution < -0.4 is 0 Å². The molecule has 0 N–H and O–H groups in total. The molecule has 0 spiro atoms. The minimum absolute atomic E-state index is 0.456. The van der Waals surface area contributed by atoms with Gasteiger partial charge in [-0.3, -0.25) is 4.90 Å². The van der Waals surface area contributed by atoms with E-state index in [2.05, 4.69) is 4.90 Å². The van der Waals surface area contributed by atoms with E-state index in [9.17, 15) is 8.42 Å². The van der Waals surface area contributed by atoms with Gasteiger partial charge in [0.05, 0.1) is 22.7 Å². The Hall–Kier alpha value is -0.130. The largest absolute Gasteiger partial charge is 0.379 e. The maximum absolute atomic E-state index is 12.6. The first kappa shape index (κ1) is 13.3. The van der Waals surface area contributed by atoms with Crippen LogP contribution in [0.3, 0.4) is 0 Å². The Labute approximate surface area is 104 Å². The molecule has 0 aromatic carbocycles. The van der Waals surface area contributed by atoms with Crippen LogP contribution in [0, 0.1) is 0 Å². The zero-order chi connectivity index (χ0) is 12.7. The summed E-state index contributed by atoms with van der Waals surface area (Å²) in [5, 5.41) is 0. The Morgan fingerprint density at radius 3 is 2.24 bits per heavy atom. The van der Waals surface area contributed by atoms with Crippen molar-refractivity contribution in [3.05, 3.63) is 0 Å². The number of rotatable bonds is 4. The third-order valence-electron chi connectivity index (χ3n) is 4.04. The fraction of sp³-hybridized carbons (Fsp3) is 1.00. The standard InChI is InChI=1S/C12H23NO3S/c1-11(2,10-13-6-8-16-9-7-13)17(14,15)12(3)4-5-12/h4-10H2,1-3H3. The Morgan fingerprint density at radius 1 is 1.24 bits per heavy atom. The highest BCUT2D eigenvalue weighted by atomic mass is 32.2. The summed E-state index contributed by atoms with van der Waals surface area (Å²) >= 11 is 0. The van der Waals surface area contributed by atoms with Crippen molar-refractivity contribution in [2.24, 2.45) is 0 Å². The van der Waals surface area contributed by atoms with Gasteiger partial charge in [-0.1, -0.05) is 0 Å². The first-order valence-corrected chi connectivity index (χ1v) is 7.81. The predicted molar refractivity (Wildman–Crippen MR) is 67.9 cm³/mol. The van der Waals surface area contributed by atoms with Gasteiger partial charge in [0.2, 0.25) is 0 Å². The summed E-state index contributed by atoms with van der Waals surface area (Å²) in [6.45, 7) is 9.34. The van der Waals surface area contributed by atoms with Crippen molar-refractivity contribution >= 4 is 9.84 Å². The molecule has 0 bridgehead atoms. The summed E-state index contributed by atoms with van der Waals surface area (Å²) in [6, 6.07) is 0. The van der Waals surface area contributed by atoms with Crippen LogP contribution >= 0.6 is 0 Å². The lowest BCUT2D eigenvalue weighted by molar-refractivity contribution is 0.0344. The van der Waals surface area contributed by atoms with Crippen LogP contribution in [-0.4, -0.2) is 55.7 Å². The Bertz CT molecular complexity index is 379. The molecule has 4 nitrogen and oxygen atoms in total. The summed E-state index contributed by atoms with van der Waals surface area (Å²) in [5.41, 5.74) is 0. The number of sulfone groups is 1. The molecule has 17 heavy (non-hydrogen) atoms. The SMILES string of the molecule is CC(C)(CN1CCOCC1)S(=O)(=O)C1(C)CC1. The maximum Gasteiger partial charge on any atom is 0.162 e. The molecule has 0 unspecified atom stereocenters. The summed E-state index contributed by atoms with van der Waals surface area (Å²) in [5.74, 6) is 0. The van der Waals surface area contributed by atoms with Crippen molar-refractivity contribution in [1.29, 1.82) is 0 Å². The Balaban J connectivity index is 2.07. The third kappa shape index (κ3) is 2.37. The lowest BCUT2D eigenvalue weighted by Gasteiger charge is -2.36. The molecule has 0 amide bonds. The van der Waals surface area contributed by atoms with Crippen LogP contribution in [0.1, 0.15) is 33.6 Å². The van der Waals surface area contributed by atoms with Gasteiger partial charge in [-0.05, 0) is 33.6 Å². The first-order valence-electron chi connectivity index (χ1n) is 6.33. The summed E-state index contributed by atoms with van der Waals surface area (Å²) in [6.07, 6.45) is 1.64. The molecule has 0 aromatic heterocycles. The summed E-state index contributed by atoms with van der Waals surface area (Å²) in [4.78, 5) is 2.20. The van der Waals surface area contributed by atoms with E-state index in [4.69, 9.17) is 4.74 Å². The zero-order valence-corrected chi connectivity index (χ0v) is 11.8. The number of hydrogen-bond acceptors (Lipinski definition) is 4. The van der Waals surface area contributed by atoms with E-state index in [0.717, 1.165) is 25.9 Å². The topological polar surface area (TPSA) is 46.6 Å². The second-order valence-corrected chi connectivity index (χ2v) is 9.20. The van der Waals surface area contributed by atoms with E-state index in [1.54, 1.807) is 0 Å². The molecule has 100 valence electrons. The highest BCUT2D eigenvalue weighted by molar-refractivity contribution is 7.94. The smallest absolute Gasteiger partial charge is 0.162 e. The maximum atomic E-state index is 12.6. The monoisotopic (exact) mass is 261 g/mol. The summed E-state index contributed by atoms with van der Waals surface area (Å²) < 4.78 is 29.3. The molecule has 1 heterocycles. The minimum Gasteiger partial charge on any atom is -0.379 e. The van der Waals surface area contributed by atoms with Gasteiger partial charge in [0.15, 0.2) is 9.84 Å². The van der Waals surface area contributed by atoms with Gasteiger partial charge in [-0.25, -0.2) is 8.42 Å². The molecular weight excluding hydrogens is 238 g/mol. The second kappa shape index (κ2) is 4.21. The van der Waals surface area contributed by atoms with Gasteiger partial charge in [0.25, 0.3) is 0 Å². The average molecular weight is 261 g/mol. The Morgan fingerprint density at radius 2 is 1.76 bits per heavy atom. The molecule has 0 radical (unpaired) electrons. The number of morpholine rings is 1. The average Bonchev–Trinajstić information content (AvgIpc) is 2.98. The zero-order valence-electron chi connectivity index (χ0n) is 11.0. The lowest BCUT2D eigenvalue weighted by atomic mass is 10.2. The molecule has 1 saturated carbocycles. The second-order valence-electron chi connectivity index (χ2n) is 6.10. The molecule has 2 aliphatic rings. The van der Waals surface area contributed by atoms with Crippen LogP contribution in [0.5, 0.6) is 0 Å². The van der Waals surface area contributed by atoms with Gasteiger partial charge in [0.1, 0.15) is 0 Å². The van der Waals surface area contributed by atoms with Crippen molar-refractivity contribution in [2.45, 2.75) is 43.1 Å². The van der Waals surface area contributed by atoms with Crippen LogP contribution in [0.25, 0.3) is 0 Å². The van der Waals surface area contributed by atoms with Crippen LogP contribution in [0.2, 0.25) is 0 Å². The molecule has 2 fully saturated rings. The predicted octanol–water partition coefficient (Wildman–Crippen LogP) is 1.06. The van der Waals surface area contributed by atoms with E-state index in [1.807, 2.05) is 20.8 Å². The van der Waals surface area contributed by atoms with Gasteiger partial charge < -0.3 is 4.74 Å². The van der Waals surface area contributed by atoms with Crippen LogP contribution in [0.4, 0.5) is 0 Å². The fourth-order valence-corrected chi connectivity index (χ4v) is 4.82. The normalized spacial score (nSPS) is 25.8. The molecule has 5 heteroatoms. The van der Waals surface area contributed by atoms with Crippen molar-refractivity contribution in [3.8, 4) is 0 Å². The van der Waals surface area contributed by atoms with Crippen molar-refractivity contribution in [3.63, 3.8) is 0 Å². The molecule has 2 rings (SSSR count). The quantitative estimate of drug-likeness (QED) is 0.759. The lowest BCUT2D eigenvalue weighted by Crippen LogP contribution is -2.51. The summed E-state index contributed by atoms with van der Waals surface area (Å²) in [7, 11) is -3.05. The minimum atomic E-state index is -3.05. The molecular formula is C12H23NO3S. The van der Waals surface area contributed by atoms with Crippen molar-refractivity contribution in [1.82, 2.24) is 4.90 Å². The van der Waals surface area contributed by atoms with E-state index in [-0.39, 0.29) is 0 Å². The highest BCUT2D eigenvalue weighted by Gasteiger charge is 2.56. The third-order valence-corrected chi connectivity index (χ3v) is 7.33. The number of nitrogens with zero attached hydrogens (tertiary/aromatic N) is 1. The van der Waals surface area contributed by atoms with Crippen molar-refractivity contribution < 1.29 is 13.2 Å². The van der Waals surface area contributed by atoms with Crippen molar-refractivity contribution in [2.75, 3.05) is 32.8 Å². The highest BCUT2D eigenvalue weighted by Crippen LogP contribution is 2.47.